The van der Waals surface area contributed by atoms with Crippen molar-refractivity contribution in [3.05, 3.63) is 30.3 Å². The molecule has 0 aromatic heterocycles. The van der Waals surface area contributed by atoms with E-state index in [9.17, 15) is 4.79 Å². The molecular weight excluding hydrogens is 178 g/mol. The molecule has 1 atom stereocenters. The summed E-state index contributed by atoms with van der Waals surface area (Å²) in [6.07, 6.45) is -0.447. The number of para-hydroxylation sites is 1. The lowest BCUT2D eigenvalue weighted by Gasteiger charge is -2.13. The second kappa shape index (κ2) is 5.27. The van der Waals surface area contributed by atoms with Gasteiger partial charge in [0.15, 0.2) is 6.10 Å². The third kappa shape index (κ3) is 3.09. The number of hydrogen-bond acceptors (Lipinski definition) is 2. The summed E-state index contributed by atoms with van der Waals surface area (Å²) in [7, 11) is 0. The quantitative estimate of drug-likeness (QED) is 0.788. The van der Waals surface area contributed by atoms with Gasteiger partial charge in [0.2, 0.25) is 0 Å². The number of rotatable bonds is 4. The van der Waals surface area contributed by atoms with E-state index < -0.39 is 6.10 Å². The number of likely N-dealkylation sites (N-methyl/N-ethyl adjacent to an activating group) is 1. The van der Waals surface area contributed by atoms with Crippen LogP contribution in [-0.2, 0) is 4.79 Å². The first-order chi connectivity index (χ1) is 6.74. The van der Waals surface area contributed by atoms with Crippen LogP contribution < -0.4 is 10.1 Å². The van der Waals surface area contributed by atoms with Crippen LogP contribution in [0.15, 0.2) is 30.3 Å². The zero-order valence-electron chi connectivity index (χ0n) is 8.49. The van der Waals surface area contributed by atoms with Crippen LogP contribution in [0.5, 0.6) is 5.75 Å². The molecule has 1 aromatic rings. The van der Waals surface area contributed by atoms with Gasteiger partial charge < -0.3 is 10.1 Å². The van der Waals surface area contributed by atoms with Gasteiger partial charge in [-0.3, -0.25) is 4.79 Å². The van der Waals surface area contributed by atoms with Crippen molar-refractivity contribution < 1.29 is 9.53 Å². The molecule has 0 bridgehead atoms. The van der Waals surface area contributed by atoms with Crippen molar-refractivity contribution in [3.63, 3.8) is 0 Å². The molecular formula is C11H15NO2. The largest absolute Gasteiger partial charge is 0.481 e. The summed E-state index contributed by atoms with van der Waals surface area (Å²) in [6, 6.07) is 9.31. The van der Waals surface area contributed by atoms with E-state index in [1.165, 1.54) is 0 Å². The standard InChI is InChI=1S/C11H15NO2/c1-3-12-11(13)9(2)14-10-7-5-4-6-8-10/h4-9H,3H2,1-2H3,(H,12,13). The maximum Gasteiger partial charge on any atom is 0.260 e. The summed E-state index contributed by atoms with van der Waals surface area (Å²) in [6.45, 7) is 4.24. The van der Waals surface area contributed by atoms with Gasteiger partial charge in [-0.1, -0.05) is 18.2 Å². The van der Waals surface area contributed by atoms with Crippen molar-refractivity contribution in [1.82, 2.24) is 5.32 Å². The van der Waals surface area contributed by atoms with Gasteiger partial charge >= 0.3 is 0 Å². The Hall–Kier alpha value is -1.51. The van der Waals surface area contributed by atoms with Crippen molar-refractivity contribution >= 4 is 5.91 Å². The minimum Gasteiger partial charge on any atom is -0.481 e. The average molecular weight is 193 g/mol. The highest BCUT2D eigenvalue weighted by atomic mass is 16.5. The normalized spacial score (nSPS) is 11.9. The van der Waals surface area contributed by atoms with Gasteiger partial charge in [0, 0.05) is 6.54 Å². The first-order valence-corrected chi connectivity index (χ1v) is 4.73. The molecule has 1 aromatic carbocycles. The van der Waals surface area contributed by atoms with Crippen molar-refractivity contribution in [2.75, 3.05) is 6.54 Å². The molecule has 0 aliphatic carbocycles. The van der Waals surface area contributed by atoms with E-state index in [1.807, 2.05) is 37.3 Å². The Kier molecular flexibility index (Phi) is 3.98. The third-order valence-corrected chi connectivity index (χ3v) is 1.78. The van der Waals surface area contributed by atoms with E-state index in [0.29, 0.717) is 12.3 Å². The molecule has 1 rings (SSSR count). The van der Waals surface area contributed by atoms with E-state index >= 15 is 0 Å². The Morgan fingerprint density at radius 1 is 1.43 bits per heavy atom. The summed E-state index contributed by atoms with van der Waals surface area (Å²) in [5.74, 6) is 0.627. The van der Waals surface area contributed by atoms with Crippen LogP contribution in [0.1, 0.15) is 13.8 Å². The lowest BCUT2D eigenvalue weighted by molar-refractivity contribution is -0.127. The maximum absolute atomic E-state index is 11.3. The van der Waals surface area contributed by atoms with Crippen LogP contribution in [0, 0.1) is 0 Å². The van der Waals surface area contributed by atoms with Crippen molar-refractivity contribution in [2.45, 2.75) is 20.0 Å². The first kappa shape index (κ1) is 10.6. The fraction of sp³-hybridized carbons (Fsp3) is 0.364. The predicted octanol–water partition coefficient (Wildman–Crippen LogP) is 1.59. The van der Waals surface area contributed by atoms with Crippen LogP contribution >= 0.6 is 0 Å². The van der Waals surface area contributed by atoms with Crippen LogP contribution in [0.4, 0.5) is 0 Å². The molecule has 1 amide bonds. The summed E-state index contributed by atoms with van der Waals surface area (Å²) >= 11 is 0. The van der Waals surface area contributed by atoms with Crippen LogP contribution in [-0.4, -0.2) is 18.6 Å². The minimum atomic E-state index is -0.447. The Labute approximate surface area is 84.1 Å². The molecule has 0 aliphatic rings. The molecule has 0 fully saturated rings. The van der Waals surface area contributed by atoms with Crippen LogP contribution in [0.25, 0.3) is 0 Å². The van der Waals surface area contributed by atoms with Gasteiger partial charge in [-0.05, 0) is 26.0 Å². The Balaban J connectivity index is 2.49. The number of amides is 1. The van der Waals surface area contributed by atoms with E-state index in [2.05, 4.69) is 5.32 Å². The van der Waals surface area contributed by atoms with Crippen LogP contribution in [0.2, 0.25) is 0 Å². The third-order valence-electron chi connectivity index (χ3n) is 1.78. The molecule has 14 heavy (non-hydrogen) atoms. The monoisotopic (exact) mass is 193 g/mol. The highest BCUT2D eigenvalue weighted by molar-refractivity contribution is 5.80. The van der Waals surface area contributed by atoms with Gasteiger partial charge in [-0.25, -0.2) is 0 Å². The first-order valence-electron chi connectivity index (χ1n) is 4.73. The van der Waals surface area contributed by atoms with E-state index in [4.69, 9.17) is 4.74 Å². The molecule has 1 unspecified atom stereocenters. The molecule has 3 heteroatoms. The van der Waals surface area contributed by atoms with Gasteiger partial charge in [-0.2, -0.15) is 0 Å². The number of hydrogen-bond donors (Lipinski definition) is 1. The summed E-state index contributed by atoms with van der Waals surface area (Å²) in [5, 5.41) is 2.70. The van der Waals surface area contributed by atoms with E-state index in [1.54, 1.807) is 6.92 Å². The zero-order chi connectivity index (χ0) is 10.4. The molecule has 76 valence electrons. The number of ether oxygens (including phenoxy) is 1. The van der Waals surface area contributed by atoms with E-state index in [-0.39, 0.29) is 5.91 Å². The smallest absolute Gasteiger partial charge is 0.260 e. The molecule has 0 spiro atoms. The Bertz CT molecular complexity index is 285. The van der Waals surface area contributed by atoms with Gasteiger partial charge in [0.1, 0.15) is 5.75 Å². The van der Waals surface area contributed by atoms with Crippen molar-refractivity contribution in [1.29, 1.82) is 0 Å². The Morgan fingerprint density at radius 2 is 2.07 bits per heavy atom. The fourth-order valence-corrected chi connectivity index (χ4v) is 1.07. The lowest BCUT2D eigenvalue weighted by Crippen LogP contribution is -2.36. The minimum absolute atomic E-state index is 0.0867. The topological polar surface area (TPSA) is 38.3 Å². The summed E-state index contributed by atoms with van der Waals surface area (Å²) < 4.78 is 5.42. The second-order valence-electron chi connectivity index (χ2n) is 2.97. The number of carbonyl (C=O) groups excluding carboxylic acids is 1. The van der Waals surface area contributed by atoms with Gasteiger partial charge in [0.05, 0.1) is 0 Å². The molecule has 3 nitrogen and oxygen atoms in total. The molecule has 0 radical (unpaired) electrons. The highest BCUT2D eigenvalue weighted by Gasteiger charge is 2.12. The fourth-order valence-electron chi connectivity index (χ4n) is 1.07. The average Bonchev–Trinajstić information content (AvgIpc) is 2.19. The van der Waals surface area contributed by atoms with Crippen LogP contribution in [0.3, 0.4) is 0 Å². The molecule has 0 aliphatic heterocycles. The molecule has 0 heterocycles. The Morgan fingerprint density at radius 3 is 2.64 bits per heavy atom. The maximum atomic E-state index is 11.3. The van der Waals surface area contributed by atoms with Crippen molar-refractivity contribution in [3.8, 4) is 5.75 Å². The number of benzene rings is 1. The van der Waals surface area contributed by atoms with Gasteiger partial charge in [-0.15, -0.1) is 0 Å². The SMILES string of the molecule is CCNC(=O)C(C)Oc1ccccc1. The molecule has 1 N–H and O–H groups in total. The second-order valence-corrected chi connectivity index (χ2v) is 2.97. The number of carbonyl (C=O) groups is 1. The molecule has 0 saturated carbocycles. The predicted molar refractivity (Wildman–Crippen MR) is 55.2 cm³/mol. The van der Waals surface area contributed by atoms with E-state index in [0.717, 1.165) is 0 Å². The van der Waals surface area contributed by atoms with Gasteiger partial charge in [0.25, 0.3) is 5.91 Å². The summed E-state index contributed by atoms with van der Waals surface area (Å²) in [4.78, 5) is 11.3. The highest BCUT2D eigenvalue weighted by Crippen LogP contribution is 2.10. The molecule has 0 saturated heterocycles. The lowest BCUT2D eigenvalue weighted by atomic mass is 10.3. The zero-order valence-corrected chi connectivity index (χ0v) is 8.49. The van der Waals surface area contributed by atoms with Crippen molar-refractivity contribution in [2.24, 2.45) is 0 Å². The summed E-state index contributed by atoms with van der Waals surface area (Å²) in [5.41, 5.74) is 0. The number of nitrogens with one attached hydrogen (secondary N) is 1.